The van der Waals surface area contributed by atoms with Gasteiger partial charge in [0.1, 0.15) is 0 Å². The van der Waals surface area contributed by atoms with Crippen molar-refractivity contribution < 1.29 is 4.74 Å². The minimum Gasteiger partial charge on any atom is -0.378 e. The third-order valence-corrected chi connectivity index (χ3v) is 2.94. The van der Waals surface area contributed by atoms with E-state index in [0.29, 0.717) is 0 Å². The minimum absolute atomic E-state index is 0.755. The van der Waals surface area contributed by atoms with Crippen LogP contribution >= 0.6 is 0 Å². The molecule has 0 spiro atoms. The van der Waals surface area contributed by atoms with Gasteiger partial charge in [0.25, 0.3) is 0 Å². The predicted molar refractivity (Wildman–Crippen MR) is 44.6 cm³/mol. The molecule has 2 aliphatic heterocycles. The van der Waals surface area contributed by atoms with Crippen molar-refractivity contribution in [2.75, 3.05) is 19.8 Å². The lowest BCUT2D eigenvalue weighted by molar-refractivity contribution is -0.0843. The van der Waals surface area contributed by atoms with Crippen molar-refractivity contribution in [1.82, 2.24) is 4.90 Å². The summed E-state index contributed by atoms with van der Waals surface area (Å²) in [4.78, 5) is 2.62. The molecule has 0 aromatic rings. The van der Waals surface area contributed by atoms with Crippen molar-refractivity contribution in [2.24, 2.45) is 0 Å². The molecule has 11 heavy (non-hydrogen) atoms. The topological polar surface area (TPSA) is 12.5 Å². The lowest BCUT2D eigenvalue weighted by atomic mass is 10.0. The molecule has 0 saturated carbocycles. The molecule has 1 unspecified atom stereocenters. The van der Waals surface area contributed by atoms with Gasteiger partial charge >= 0.3 is 0 Å². The lowest BCUT2D eigenvalue weighted by Gasteiger charge is -2.43. The zero-order chi connectivity index (χ0) is 7.68. The van der Waals surface area contributed by atoms with E-state index in [4.69, 9.17) is 4.74 Å². The summed E-state index contributed by atoms with van der Waals surface area (Å²) in [7, 11) is 0. The fourth-order valence-electron chi connectivity index (χ4n) is 2.08. The van der Waals surface area contributed by atoms with E-state index in [1.165, 1.54) is 25.8 Å². The average molecular weight is 155 g/mol. The van der Waals surface area contributed by atoms with Gasteiger partial charge in [0.15, 0.2) is 0 Å². The Hall–Kier alpha value is -0.0800. The quantitative estimate of drug-likeness (QED) is 0.565. The molecule has 2 heteroatoms. The molecule has 0 radical (unpaired) electrons. The highest BCUT2D eigenvalue weighted by Gasteiger charge is 2.30. The first-order valence-electron chi connectivity index (χ1n) is 4.71. The van der Waals surface area contributed by atoms with Gasteiger partial charge in [-0.15, -0.1) is 0 Å². The largest absolute Gasteiger partial charge is 0.378 e. The Bertz CT molecular complexity index is 132. The maximum atomic E-state index is 5.19. The number of piperidine rings is 1. The fraction of sp³-hybridized carbons (Fsp3) is 1.00. The third-order valence-electron chi connectivity index (χ3n) is 2.94. The van der Waals surface area contributed by atoms with E-state index in [1.807, 2.05) is 0 Å². The van der Waals surface area contributed by atoms with Gasteiger partial charge in [-0.3, -0.25) is 4.90 Å². The van der Waals surface area contributed by atoms with Crippen molar-refractivity contribution in [3.63, 3.8) is 0 Å². The Kier molecular flexibility index (Phi) is 2.14. The Balaban J connectivity index is 1.88. The molecule has 2 aliphatic rings. The van der Waals surface area contributed by atoms with Crippen LogP contribution < -0.4 is 0 Å². The summed E-state index contributed by atoms with van der Waals surface area (Å²) in [6.07, 6.45) is 4.20. The number of rotatable bonds is 1. The van der Waals surface area contributed by atoms with Gasteiger partial charge in [-0.05, 0) is 26.3 Å². The third kappa shape index (κ3) is 1.42. The summed E-state index contributed by atoms with van der Waals surface area (Å²) in [6, 6.07) is 1.56. The first kappa shape index (κ1) is 7.56. The summed E-state index contributed by atoms with van der Waals surface area (Å²) in [5.74, 6) is 0. The molecule has 0 aliphatic carbocycles. The summed E-state index contributed by atoms with van der Waals surface area (Å²) >= 11 is 0. The maximum absolute atomic E-state index is 5.19. The predicted octanol–water partition coefficient (Wildman–Crippen LogP) is 1.26. The molecule has 0 N–H and O–H groups in total. The van der Waals surface area contributed by atoms with E-state index in [-0.39, 0.29) is 0 Å². The van der Waals surface area contributed by atoms with Crippen molar-refractivity contribution in [3.8, 4) is 0 Å². The summed E-state index contributed by atoms with van der Waals surface area (Å²) < 4.78 is 5.19. The van der Waals surface area contributed by atoms with Gasteiger partial charge in [-0.1, -0.05) is 6.42 Å². The van der Waals surface area contributed by atoms with Crippen molar-refractivity contribution in [3.05, 3.63) is 0 Å². The molecule has 2 fully saturated rings. The van der Waals surface area contributed by atoms with Gasteiger partial charge < -0.3 is 4.74 Å². The van der Waals surface area contributed by atoms with Gasteiger partial charge in [0.2, 0.25) is 0 Å². The van der Waals surface area contributed by atoms with Crippen LogP contribution in [0.1, 0.15) is 26.2 Å². The number of hydrogen-bond donors (Lipinski definition) is 0. The molecule has 0 aromatic carbocycles. The molecule has 64 valence electrons. The second kappa shape index (κ2) is 3.11. The highest BCUT2D eigenvalue weighted by Crippen LogP contribution is 2.22. The van der Waals surface area contributed by atoms with E-state index in [1.54, 1.807) is 0 Å². The first-order chi connectivity index (χ1) is 5.38. The Labute approximate surface area is 68.5 Å². The standard InChI is InChI=1S/C9H17NO/c1-8-4-2-3-5-10(8)9-6-11-7-9/h8-9H,2-7H2,1H3. The molecular weight excluding hydrogens is 138 g/mol. The van der Waals surface area contributed by atoms with Crippen LogP contribution in [0.3, 0.4) is 0 Å². The van der Waals surface area contributed by atoms with Crippen molar-refractivity contribution in [1.29, 1.82) is 0 Å². The molecule has 2 rings (SSSR count). The number of ether oxygens (including phenoxy) is 1. The smallest absolute Gasteiger partial charge is 0.0645 e. The first-order valence-corrected chi connectivity index (χ1v) is 4.71. The Morgan fingerprint density at radius 2 is 2.09 bits per heavy atom. The van der Waals surface area contributed by atoms with Crippen LogP contribution in [0.25, 0.3) is 0 Å². The maximum Gasteiger partial charge on any atom is 0.0645 e. The molecule has 0 aromatic heterocycles. The molecule has 2 saturated heterocycles. The molecule has 2 heterocycles. The minimum atomic E-state index is 0.755. The monoisotopic (exact) mass is 155 g/mol. The van der Waals surface area contributed by atoms with Gasteiger partial charge in [0, 0.05) is 6.04 Å². The SMILES string of the molecule is CC1CCCCN1C1COC1. The van der Waals surface area contributed by atoms with Crippen LogP contribution in [-0.2, 0) is 4.74 Å². The zero-order valence-corrected chi connectivity index (χ0v) is 7.25. The normalized spacial score (nSPS) is 35.2. The Morgan fingerprint density at radius 3 is 2.64 bits per heavy atom. The molecule has 1 atom stereocenters. The average Bonchev–Trinajstić information content (AvgIpc) is 1.90. The van der Waals surface area contributed by atoms with Crippen LogP contribution in [0.4, 0.5) is 0 Å². The van der Waals surface area contributed by atoms with E-state index < -0.39 is 0 Å². The summed E-state index contributed by atoms with van der Waals surface area (Å²) in [5, 5.41) is 0. The Morgan fingerprint density at radius 1 is 1.27 bits per heavy atom. The van der Waals surface area contributed by atoms with Crippen LogP contribution in [-0.4, -0.2) is 36.7 Å². The van der Waals surface area contributed by atoms with E-state index in [0.717, 1.165) is 25.3 Å². The molecular formula is C9H17NO. The van der Waals surface area contributed by atoms with Gasteiger partial charge in [-0.2, -0.15) is 0 Å². The van der Waals surface area contributed by atoms with Gasteiger partial charge in [0.05, 0.1) is 19.3 Å². The highest BCUT2D eigenvalue weighted by molar-refractivity contribution is 4.83. The second-order valence-corrected chi connectivity index (χ2v) is 3.77. The van der Waals surface area contributed by atoms with E-state index in [2.05, 4.69) is 11.8 Å². The fourth-order valence-corrected chi connectivity index (χ4v) is 2.08. The molecule has 0 bridgehead atoms. The molecule has 0 amide bonds. The summed E-state index contributed by atoms with van der Waals surface area (Å²) in [6.45, 7) is 5.60. The van der Waals surface area contributed by atoms with Crippen LogP contribution in [0.2, 0.25) is 0 Å². The summed E-state index contributed by atoms with van der Waals surface area (Å²) in [5.41, 5.74) is 0. The van der Waals surface area contributed by atoms with E-state index in [9.17, 15) is 0 Å². The number of nitrogens with zero attached hydrogens (tertiary/aromatic N) is 1. The van der Waals surface area contributed by atoms with Crippen LogP contribution in [0.5, 0.6) is 0 Å². The van der Waals surface area contributed by atoms with Crippen molar-refractivity contribution >= 4 is 0 Å². The van der Waals surface area contributed by atoms with Crippen LogP contribution in [0, 0.1) is 0 Å². The van der Waals surface area contributed by atoms with E-state index >= 15 is 0 Å². The second-order valence-electron chi connectivity index (χ2n) is 3.77. The highest BCUT2D eigenvalue weighted by atomic mass is 16.5. The molecule has 2 nitrogen and oxygen atoms in total. The van der Waals surface area contributed by atoms with Crippen molar-refractivity contribution in [2.45, 2.75) is 38.3 Å². The number of hydrogen-bond acceptors (Lipinski definition) is 2. The number of likely N-dealkylation sites (tertiary alicyclic amines) is 1. The zero-order valence-electron chi connectivity index (χ0n) is 7.25. The van der Waals surface area contributed by atoms with Crippen LogP contribution in [0.15, 0.2) is 0 Å². The lowest BCUT2D eigenvalue weighted by Crippen LogP contribution is -2.54. The van der Waals surface area contributed by atoms with Gasteiger partial charge in [-0.25, -0.2) is 0 Å².